The molecule has 0 saturated carbocycles. The van der Waals surface area contributed by atoms with E-state index in [4.69, 9.17) is 15.2 Å². The second-order valence-corrected chi connectivity index (χ2v) is 4.48. The van der Waals surface area contributed by atoms with Gasteiger partial charge >= 0.3 is 5.97 Å². The van der Waals surface area contributed by atoms with Crippen LogP contribution in [0.1, 0.15) is 30.1 Å². The fraction of sp³-hybridized carbons (Fsp3) is 0.500. The molecule has 1 aromatic rings. The van der Waals surface area contributed by atoms with E-state index < -0.39 is 6.10 Å². The molecule has 4 nitrogen and oxygen atoms in total. The molecule has 2 rings (SSSR count). The lowest BCUT2D eigenvalue weighted by Crippen LogP contribution is -2.34. The zero-order valence-electron chi connectivity index (χ0n) is 10.6. The molecule has 2 atom stereocenters. The minimum Gasteiger partial charge on any atom is -0.456 e. The lowest BCUT2D eigenvalue weighted by molar-refractivity contribution is -0.161. The molecule has 0 aromatic heterocycles. The van der Waals surface area contributed by atoms with Crippen LogP contribution in [0.3, 0.4) is 0 Å². The maximum absolute atomic E-state index is 11.9. The average Bonchev–Trinajstić information content (AvgIpc) is 2.40. The normalized spacial score (nSPS) is 20.0. The number of ether oxygens (including phenoxy) is 2. The van der Waals surface area contributed by atoms with Crippen molar-refractivity contribution in [2.45, 2.75) is 31.5 Å². The molecule has 0 amide bonds. The lowest BCUT2D eigenvalue weighted by atomic mass is 9.89. The third-order valence-corrected chi connectivity index (χ3v) is 3.33. The van der Waals surface area contributed by atoms with Gasteiger partial charge in [-0.3, -0.25) is 0 Å². The van der Waals surface area contributed by atoms with E-state index in [0.29, 0.717) is 0 Å². The smallest absolute Gasteiger partial charge is 0.337 e. The highest BCUT2D eigenvalue weighted by molar-refractivity contribution is 5.75. The van der Waals surface area contributed by atoms with Crippen LogP contribution in [0.2, 0.25) is 0 Å². The molecule has 2 N–H and O–H groups in total. The van der Waals surface area contributed by atoms with E-state index in [0.717, 1.165) is 24.8 Å². The largest absolute Gasteiger partial charge is 0.456 e. The summed E-state index contributed by atoms with van der Waals surface area (Å²) >= 11 is 0. The monoisotopic (exact) mass is 249 g/mol. The molecule has 1 aliphatic carbocycles. The maximum atomic E-state index is 11.9. The number of benzene rings is 1. The summed E-state index contributed by atoms with van der Waals surface area (Å²) in [6.45, 7) is 0.143. The number of methoxy groups -OCH3 is 1. The standard InChI is InChI=1S/C14H19NO3/c1-17-13(9-15)14(16)18-12-8-4-6-10-5-2-3-7-11(10)12/h2-3,5,7,12-13H,4,6,8-9,15H2,1H3. The van der Waals surface area contributed by atoms with Crippen molar-refractivity contribution in [3.63, 3.8) is 0 Å². The van der Waals surface area contributed by atoms with Crippen molar-refractivity contribution in [1.29, 1.82) is 0 Å². The van der Waals surface area contributed by atoms with Crippen molar-refractivity contribution in [2.75, 3.05) is 13.7 Å². The summed E-state index contributed by atoms with van der Waals surface area (Å²) in [6, 6.07) is 8.10. The molecule has 98 valence electrons. The predicted molar refractivity (Wildman–Crippen MR) is 68.1 cm³/mol. The van der Waals surface area contributed by atoms with Gasteiger partial charge in [0.25, 0.3) is 0 Å². The number of hydrogen-bond acceptors (Lipinski definition) is 4. The lowest BCUT2D eigenvalue weighted by Gasteiger charge is -2.26. The van der Waals surface area contributed by atoms with E-state index in [2.05, 4.69) is 6.07 Å². The number of esters is 1. The zero-order valence-corrected chi connectivity index (χ0v) is 10.6. The van der Waals surface area contributed by atoms with Gasteiger partial charge in [-0.1, -0.05) is 24.3 Å². The Kier molecular flexibility index (Phi) is 4.33. The van der Waals surface area contributed by atoms with Crippen molar-refractivity contribution in [1.82, 2.24) is 0 Å². The molecule has 0 fully saturated rings. The van der Waals surface area contributed by atoms with E-state index in [1.54, 1.807) is 0 Å². The Balaban J connectivity index is 2.09. The first kappa shape index (κ1) is 13.1. The predicted octanol–water partition coefficient (Wildman–Crippen LogP) is 1.58. The van der Waals surface area contributed by atoms with E-state index in [-0.39, 0.29) is 18.6 Å². The Hall–Kier alpha value is -1.39. The van der Waals surface area contributed by atoms with E-state index in [1.165, 1.54) is 12.7 Å². The SMILES string of the molecule is COC(CN)C(=O)OC1CCCc2ccccc21. The first-order chi connectivity index (χ1) is 8.76. The van der Waals surface area contributed by atoms with Crippen LogP contribution in [-0.2, 0) is 20.7 Å². The Morgan fingerprint density at radius 3 is 3.00 bits per heavy atom. The summed E-state index contributed by atoms with van der Waals surface area (Å²) in [6.07, 6.45) is 2.12. The maximum Gasteiger partial charge on any atom is 0.337 e. The van der Waals surface area contributed by atoms with Crippen molar-refractivity contribution in [2.24, 2.45) is 5.73 Å². The third kappa shape index (κ3) is 2.71. The summed E-state index contributed by atoms with van der Waals surface area (Å²) in [7, 11) is 1.47. The Morgan fingerprint density at radius 1 is 1.50 bits per heavy atom. The summed E-state index contributed by atoms with van der Waals surface area (Å²) in [5.74, 6) is -0.373. The molecule has 0 saturated heterocycles. The summed E-state index contributed by atoms with van der Waals surface area (Å²) in [5, 5.41) is 0. The average molecular weight is 249 g/mol. The van der Waals surface area contributed by atoms with Crippen molar-refractivity contribution >= 4 is 5.97 Å². The second kappa shape index (κ2) is 5.98. The molecule has 0 aliphatic heterocycles. The van der Waals surface area contributed by atoms with Crippen molar-refractivity contribution in [3.05, 3.63) is 35.4 Å². The van der Waals surface area contributed by atoms with Crippen LogP contribution in [-0.4, -0.2) is 25.7 Å². The van der Waals surface area contributed by atoms with Crippen molar-refractivity contribution in [3.8, 4) is 0 Å². The summed E-state index contributed by atoms with van der Waals surface area (Å²) in [4.78, 5) is 11.9. The van der Waals surface area contributed by atoms with Crippen LogP contribution in [0.4, 0.5) is 0 Å². The Morgan fingerprint density at radius 2 is 2.28 bits per heavy atom. The molecule has 4 heteroatoms. The molecule has 2 unspecified atom stereocenters. The first-order valence-electron chi connectivity index (χ1n) is 6.27. The van der Waals surface area contributed by atoms with Crippen molar-refractivity contribution < 1.29 is 14.3 Å². The molecular formula is C14H19NO3. The number of carbonyl (C=O) groups excluding carboxylic acids is 1. The van der Waals surface area contributed by atoms with Gasteiger partial charge in [0.1, 0.15) is 6.10 Å². The van der Waals surface area contributed by atoms with E-state index >= 15 is 0 Å². The van der Waals surface area contributed by atoms with Crippen LogP contribution >= 0.6 is 0 Å². The van der Waals surface area contributed by atoms with Gasteiger partial charge in [0.15, 0.2) is 6.10 Å². The number of aryl methyl sites for hydroxylation is 1. The second-order valence-electron chi connectivity index (χ2n) is 4.48. The van der Waals surface area contributed by atoms with Gasteiger partial charge in [0.05, 0.1) is 0 Å². The number of nitrogens with two attached hydrogens (primary N) is 1. The van der Waals surface area contributed by atoms with Gasteiger partial charge in [-0.05, 0) is 30.4 Å². The van der Waals surface area contributed by atoms with Crippen LogP contribution < -0.4 is 5.73 Å². The molecule has 0 spiro atoms. The zero-order chi connectivity index (χ0) is 13.0. The Bertz CT molecular complexity index is 415. The van der Waals surface area contributed by atoms with Crippen LogP contribution in [0, 0.1) is 0 Å². The molecule has 0 radical (unpaired) electrons. The van der Waals surface area contributed by atoms with Gasteiger partial charge in [-0.2, -0.15) is 0 Å². The molecular weight excluding hydrogens is 230 g/mol. The number of rotatable bonds is 4. The fourth-order valence-electron chi connectivity index (χ4n) is 2.34. The van der Waals surface area contributed by atoms with E-state index in [1.807, 2.05) is 18.2 Å². The molecule has 18 heavy (non-hydrogen) atoms. The van der Waals surface area contributed by atoms with Crippen LogP contribution in [0.15, 0.2) is 24.3 Å². The van der Waals surface area contributed by atoms with Gasteiger partial charge in [0.2, 0.25) is 0 Å². The van der Waals surface area contributed by atoms with Gasteiger partial charge in [0, 0.05) is 13.7 Å². The fourth-order valence-corrected chi connectivity index (χ4v) is 2.34. The summed E-state index contributed by atoms with van der Waals surface area (Å²) < 4.78 is 10.5. The van der Waals surface area contributed by atoms with E-state index in [9.17, 15) is 4.79 Å². The van der Waals surface area contributed by atoms with Crippen LogP contribution in [0.25, 0.3) is 0 Å². The highest BCUT2D eigenvalue weighted by Gasteiger charge is 2.26. The van der Waals surface area contributed by atoms with Gasteiger partial charge in [-0.15, -0.1) is 0 Å². The number of carbonyl (C=O) groups is 1. The molecule has 0 bridgehead atoms. The van der Waals surface area contributed by atoms with Gasteiger partial charge < -0.3 is 15.2 Å². The van der Waals surface area contributed by atoms with Gasteiger partial charge in [-0.25, -0.2) is 4.79 Å². The molecule has 0 heterocycles. The number of hydrogen-bond donors (Lipinski definition) is 1. The van der Waals surface area contributed by atoms with Crippen LogP contribution in [0.5, 0.6) is 0 Å². The molecule has 1 aliphatic rings. The topological polar surface area (TPSA) is 61.5 Å². The highest BCUT2D eigenvalue weighted by atomic mass is 16.6. The molecule has 1 aromatic carbocycles. The third-order valence-electron chi connectivity index (χ3n) is 3.33. The number of fused-ring (bicyclic) bond motifs is 1. The Labute approximate surface area is 107 Å². The minimum absolute atomic E-state index is 0.143. The summed E-state index contributed by atoms with van der Waals surface area (Å²) in [5.41, 5.74) is 7.84. The first-order valence-corrected chi connectivity index (χ1v) is 6.27. The highest BCUT2D eigenvalue weighted by Crippen LogP contribution is 2.32. The minimum atomic E-state index is -0.668. The quantitative estimate of drug-likeness (QED) is 0.823.